The highest BCUT2D eigenvalue weighted by Crippen LogP contribution is 2.30. The van der Waals surface area contributed by atoms with Crippen molar-refractivity contribution in [2.75, 3.05) is 23.7 Å². The van der Waals surface area contributed by atoms with Crippen LogP contribution in [0.2, 0.25) is 0 Å². The second-order valence-corrected chi connectivity index (χ2v) is 10.2. The highest BCUT2D eigenvalue weighted by Gasteiger charge is 2.24. The Morgan fingerprint density at radius 1 is 1.10 bits per heavy atom. The van der Waals surface area contributed by atoms with Crippen molar-refractivity contribution >= 4 is 21.6 Å². The molecule has 1 atom stereocenters. The Morgan fingerprint density at radius 3 is 2.23 bits per heavy atom. The highest BCUT2D eigenvalue weighted by molar-refractivity contribution is 7.92. The van der Waals surface area contributed by atoms with Crippen molar-refractivity contribution in [1.29, 1.82) is 0 Å². The van der Waals surface area contributed by atoms with Crippen LogP contribution in [0.15, 0.2) is 48.5 Å². The average molecular weight is 433 g/mol. The molecule has 164 valence electrons. The maximum absolute atomic E-state index is 12.7. The summed E-state index contributed by atoms with van der Waals surface area (Å²) in [6, 6.07) is 14.6. The van der Waals surface area contributed by atoms with E-state index in [1.165, 1.54) is 5.56 Å². The van der Waals surface area contributed by atoms with Gasteiger partial charge in [0.2, 0.25) is 15.9 Å². The lowest BCUT2D eigenvalue weighted by Gasteiger charge is -2.25. The quantitative estimate of drug-likeness (QED) is 0.683. The van der Waals surface area contributed by atoms with Gasteiger partial charge in [0.05, 0.1) is 24.6 Å². The minimum Gasteiger partial charge on any atom is -0.492 e. The van der Waals surface area contributed by atoms with Crippen molar-refractivity contribution in [2.45, 2.75) is 46.1 Å². The standard InChI is InChI=1S/C23H32N2O4S/c1-7-29-21-11-9-8-10-20(21)25(30(6,27)28)16-22(26)24-17(2)18-12-14-19(15-13-18)23(3,4)5/h8-15,17H,7,16H2,1-6H3,(H,24,26). The molecule has 0 aromatic heterocycles. The van der Waals surface area contributed by atoms with E-state index in [4.69, 9.17) is 4.74 Å². The Hall–Kier alpha value is -2.54. The van der Waals surface area contributed by atoms with Gasteiger partial charge in [0.25, 0.3) is 0 Å². The first-order chi connectivity index (χ1) is 13.9. The van der Waals surface area contributed by atoms with Crippen LogP contribution in [0.25, 0.3) is 0 Å². The van der Waals surface area contributed by atoms with Gasteiger partial charge in [-0.15, -0.1) is 0 Å². The summed E-state index contributed by atoms with van der Waals surface area (Å²) in [5.74, 6) is 0.0307. The van der Waals surface area contributed by atoms with E-state index in [2.05, 4.69) is 38.2 Å². The second kappa shape index (κ2) is 9.51. The van der Waals surface area contributed by atoms with Crippen LogP contribution < -0.4 is 14.4 Å². The van der Waals surface area contributed by atoms with Gasteiger partial charge in [-0.2, -0.15) is 0 Å². The molecule has 2 aromatic carbocycles. The molecule has 6 nitrogen and oxygen atoms in total. The van der Waals surface area contributed by atoms with E-state index in [0.29, 0.717) is 18.0 Å². The second-order valence-electron chi connectivity index (χ2n) is 8.33. The van der Waals surface area contributed by atoms with Crippen LogP contribution >= 0.6 is 0 Å². The van der Waals surface area contributed by atoms with E-state index in [0.717, 1.165) is 16.1 Å². The van der Waals surface area contributed by atoms with Gasteiger partial charge in [0, 0.05) is 0 Å². The molecule has 0 fully saturated rings. The number of para-hydroxylation sites is 2. The molecule has 0 spiro atoms. The van der Waals surface area contributed by atoms with E-state index in [1.54, 1.807) is 24.3 Å². The molecule has 0 saturated heterocycles. The molecule has 1 unspecified atom stereocenters. The smallest absolute Gasteiger partial charge is 0.241 e. The van der Waals surface area contributed by atoms with Gasteiger partial charge in [-0.3, -0.25) is 9.10 Å². The summed E-state index contributed by atoms with van der Waals surface area (Å²) >= 11 is 0. The minimum atomic E-state index is -3.68. The summed E-state index contributed by atoms with van der Waals surface area (Å²) in [6.07, 6.45) is 1.08. The van der Waals surface area contributed by atoms with E-state index in [1.807, 2.05) is 26.0 Å². The first-order valence-corrected chi connectivity index (χ1v) is 11.9. The average Bonchev–Trinajstić information content (AvgIpc) is 2.65. The lowest BCUT2D eigenvalue weighted by atomic mass is 9.86. The molecular formula is C23H32N2O4S. The minimum absolute atomic E-state index is 0.0505. The van der Waals surface area contributed by atoms with Crippen LogP contribution in [-0.2, 0) is 20.2 Å². The summed E-state index contributed by atoms with van der Waals surface area (Å²) in [4.78, 5) is 12.7. The molecule has 7 heteroatoms. The lowest BCUT2D eigenvalue weighted by molar-refractivity contribution is -0.120. The van der Waals surface area contributed by atoms with Crippen LogP contribution in [0.1, 0.15) is 51.8 Å². The first kappa shape index (κ1) is 23.7. The summed E-state index contributed by atoms with van der Waals surface area (Å²) in [7, 11) is -3.68. The fourth-order valence-corrected chi connectivity index (χ4v) is 3.95. The maximum atomic E-state index is 12.7. The predicted molar refractivity (Wildman–Crippen MR) is 122 cm³/mol. The molecule has 30 heavy (non-hydrogen) atoms. The number of ether oxygens (including phenoxy) is 1. The molecule has 2 aromatic rings. The van der Waals surface area contributed by atoms with Crippen molar-refractivity contribution < 1.29 is 17.9 Å². The fourth-order valence-electron chi connectivity index (χ4n) is 3.09. The number of anilines is 1. The summed E-state index contributed by atoms with van der Waals surface area (Å²) in [5.41, 5.74) is 2.56. The van der Waals surface area contributed by atoms with Crippen LogP contribution in [0.3, 0.4) is 0 Å². The third-order valence-corrected chi connectivity index (χ3v) is 5.90. The summed E-state index contributed by atoms with van der Waals surface area (Å²) < 4.78 is 31.4. The topological polar surface area (TPSA) is 75.7 Å². The van der Waals surface area contributed by atoms with Crippen molar-refractivity contribution in [1.82, 2.24) is 5.32 Å². The highest BCUT2D eigenvalue weighted by atomic mass is 32.2. The number of rotatable bonds is 8. The van der Waals surface area contributed by atoms with E-state index in [9.17, 15) is 13.2 Å². The number of hydrogen-bond acceptors (Lipinski definition) is 4. The Balaban J connectivity index is 2.17. The number of hydrogen-bond donors (Lipinski definition) is 1. The zero-order valence-corrected chi connectivity index (χ0v) is 19.4. The normalized spacial score (nSPS) is 12.9. The van der Waals surface area contributed by atoms with Crippen molar-refractivity contribution in [2.24, 2.45) is 0 Å². The number of benzene rings is 2. The van der Waals surface area contributed by atoms with Gasteiger partial charge in [-0.1, -0.05) is 57.2 Å². The number of carbonyl (C=O) groups excluding carboxylic acids is 1. The Bertz CT molecular complexity index is 963. The van der Waals surface area contributed by atoms with E-state index in [-0.39, 0.29) is 23.9 Å². The number of carbonyl (C=O) groups is 1. The van der Waals surface area contributed by atoms with Gasteiger partial charge < -0.3 is 10.1 Å². The molecule has 0 aliphatic heterocycles. The zero-order chi connectivity index (χ0) is 22.5. The van der Waals surface area contributed by atoms with Gasteiger partial charge in [0.15, 0.2) is 0 Å². The third-order valence-electron chi connectivity index (χ3n) is 4.78. The van der Waals surface area contributed by atoms with Gasteiger partial charge >= 0.3 is 0 Å². The first-order valence-electron chi connectivity index (χ1n) is 10.0. The number of nitrogens with zero attached hydrogens (tertiary/aromatic N) is 1. The molecule has 0 heterocycles. The molecule has 0 aliphatic carbocycles. The molecule has 2 rings (SSSR count). The molecular weight excluding hydrogens is 400 g/mol. The third kappa shape index (κ3) is 6.23. The van der Waals surface area contributed by atoms with Gasteiger partial charge in [-0.05, 0) is 42.5 Å². The van der Waals surface area contributed by atoms with Crippen LogP contribution in [0.5, 0.6) is 5.75 Å². The summed E-state index contributed by atoms with van der Waals surface area (Å²) in [5, 5.41) is 2.89. The van der Waals surface area contributed by atoms with Gasteiger partial charge in [0.1, 0.15) is 12.3 Å². The molecule has 0 aliphatic rings. The largest absolute Gasteiger partial charge is 0.492 e. The Kier molecular flexibility index (Phi) is 7.53. The fraction of sp³-hybridized carbons (Fsp3) is 0.435. The monoisotopic (exact) mass is 432 g/mol. The molecule has 0 saturated carbocycles. The number of sulfonamides is 1. The number of nitrogens with one attached hydrogen (secondary N) is 1. The SMILES string of the molecule is CCOc1ccccc1N(CC(=O)NC(C)c1ccc(C(C)(C)C)cc1)S(C)(=O)=O. The van der Waals surface area contributed by atoms with Crippen molar-refractivity contribution in [3.8, 4) is 5.75 Å². The van der Waals surface area contributed by atoms with Crippen LogP contribution in [0, 0.1) is 0 Å². The maximum Gasteiger partial charge on any atom is 0.241 e. The molecule has 1 N–H and O–H groups in total. The Labute approximate surface area is 180 Å². The molecule has 1 amide bonds. The molecule has 0 bridgehead atoms. The number of amides is 1. The zero-order valence-electron chi connectivity index (χ0n) is 18.6. The van der Waals surface area contributed by atoms with Gasteiger partial charge in [-0.25, -0.2) is 8.42 Å². The lowest BCUT2D eigenvalue weighted by Crippen LogP contribution is -2.41. The van der Waals surface area contributed by atoms with E-state index < -0.39 is 10.0 Å². The van der Waals surface area contributed by atoms with Crippen molar-refractivity contribution in [3.63, 3.8) is 0 Å². The van der Waals surface area contributed by atoms with E-state index >= 15 is 0 Å². The van der Waals surface area contributed by atoms with Crippen LogP contribution in [0.4, 0.5) is 5.69 Å². The summed E-state index contributed by atoms with van der Waals surface area (Å²) in [6.45, 7) is 10.2. The molecule has 0 radical (unpaired) electrons. The predicted octanol–water partition coefficient (Wildman–Crippen LogP) is 4.03. The van der Waals surface area contributed by atoms with Crippen LogP contribution in [-0.4, -0.2) is 33.7 Å². The van der Waals surface area contributed by atoms with Crippen molar-refractivity contribution in [3.05, 3.63) is 59.7 Å². The Morgan fingerprint density at radius 2 is 1.70 bits per heavy atom.